The Hall–Kier alpha value is -2.00. The van der Waals surface area contributed by atoms with Crippen LogP contribution in [0.5, 0.6) is 0 Å². The molecule has 9 heteroatoms. The molecular formula is C9H9N5O3S. The van der Waals surface area contributed by atoms with Crippen molar-refractivity contribution in [1.29, 1.82) is 0 Å². The monoisotopic (exact) mass is 267 g/mol. The molecule has 2 aromatic rings. The molecule has 8 nitrogen and oxygen atoms in total. The number of aliphatic hydroxyl groups excluding tert-OH is 1. The van der Waals surface area contributed by atoms with Crippen molar-refractivity contribution in [2.75, 3.05) is 5.75 Å². The lowest BCUT2D eigenvalue weighted by molar-refractivity contribution is -0.133. The van der Waals surface area contributed by atoms with Crippen LogP contribution in [0.25, 0.3) is 5.69 Å². The van der Waals surface area contributed by atoms with Gasteiger partial charge in [0.25, 0.3) is 0 Å². The van der Waals surface area contributed by atoms with Crippen LogP contribution in [0.1, 0.15) is 5.82 Å². The molecule has 2 rings (SSSR count). The first-order valence-electron chi connectivity index (χ1n) is 4.87. The van der Waals surface area contributed by atoms with Gasteiger partial charge in [-0.15, -0.1) is 10.2 Å². The fourth-order valence-corrected chi connectivity index (χ4v) is 1.98. The summed E-state index contributed by atoms with van der Waals surface area (Å²) >= 11 is 1.01. The van der Waals surface area contributed by atoms with Crippen molar-refractivity contribution in [3.05, 3.63) is 24.5 Å². The van der Waals surface area contributed by atoms with Gasteiger partial charge < -0.3 is 10.2 Å². The van der Waals surface area contributed by atoms with Crippen molar-refractivity contribution in [2.24, 2.45) is 0 Å². The number of rotatable bonds is 5. The molecule has 0 bridgehead atoms. The molecule has 0 unspecified atom stereocenters. The van der Waals surface area contributed by atoms with E-state index in [4.69, 9.17) is 5.11 Å². The Bertz CT molecular complexity index is 544. The fourth-order valence-electron chi connectivity index (χ4n) is 1.29. The molecule has 2 aromatic heterocycles. The van der Waals surface area contributed by atoms with Crippen LogP contribution in [-0.4, -0.2) is 46.7 Å². The molecule has 0 fully saturated rings. The van der Waals surface area contributed by atoms with Gasteiger partial charge in [0.05, 0.1) is 23.8 Å². The molecule has 0 aliphatic heterocycles. The summed E-state index contributed by atoms with van der Waals surface area (Å²) < 4.78 is 1.52. The largest absolute Gasteiger partial charge is 0.481 e. The molecule has 0 spiro atoms. The molecule has 0 aliphatic carbocycles. The van der Waals surface area contributed by atoms with Gasteiger partial charge in [-0.3, -0.25) is 9.36 Å². The lowest BCUT2D eigenvalue weighted by atomic mass is 10.5. The van der Waals surface area contributed by atoms with Crippen LogP contribution in [0.15, 0.2) is 23.9 Å². The summed E-state index contributed by atoms with van der Waals surface area (Å²) in [6, 6.07) is 0. The fraction of sp³-hybridized carbons (Fsp3) is 0.222. The number of aliphatic carboxylic acids is 1. The first-order valence-corrected chi connectivity index (χ1v) is 5.86. The Balaban J connectivity index is 2.37. The van der Waals surface area contributed by atoms with Crippen LogP contribution in [0.2, 0.25) is 0 Å². The summed E-state index contributed by atoms with van der Waals surface area (Å²) in [7, 11) is 0. The van der Waals surface area contributed by atoms with Gasteiger partial charge in [-0.25, -0.2) is 9.97 Å². The third-order valence-electron chi connectivity index (χ3n) is 1.97. The van der Waals surface area contributed by atoms with Gasteiger partial charge in [0.15, 0.2) is 11.0 Å². The van der Waals surface area contributed by atoms with Gasteiger partial charge in [0, 0.05) is 0 Å². The number of hydrogen-bond donors (Lipinski definition) is 2. The molecular weight excluding hydrogens is 258 g/mol. The van der Waals surface area contributed by atoms with Crippen LogP contribution < -0.4 is 0 Å². The molecule has 0 aromatic carbocycles. The number of aromatic nitrogens is 5. The Morgan fingerprint density at radius 1 is 1.33 bits per heavy atom. The molecule has 0 saturated heterocycles. The topological polar surface area (TPSA) is 114 Å². The summed E-state index contributed by atoms with van der Waals surface area (Å²) in [5.74, 6) is -0.792. The maximum atomic E-state index is 10.5. The summed E-state index contributed by atoms with van der Waals surface area (Å²) in [5, 5.41) is 25.8. The van der Waals surface area contributed by atoms with Crippen molar-refractivity contribution < 1.29 is 15.0 Å². The van der Waals surface area contributed by atoms with Gasteiger partial charge in [0.2, 0.25) is 0 Å². The Morgan fingerprint density at radius 2 is 2.06 bits per heavy atom. The van der Waals surface area contributed by atoms with E-state index in [9.17, 15) is 9.90 Å². The molecule has 0 aliphatic rings. The molecule has 94 valence electrons. The van der Waals surface area contributed by atoms with Crippen LogP contribution in [0, 0.1) is 0 Å². The molecule has 18 heavy (non-hydrogen) atoms. The minimum absolute atomic E-state index is 0.142. The lowest BCUT2D eigenvalue weighted by Crippen LogP contribution is -2.05. The maximum absolute atomic E-state index is 10.5. The van der Waals surface area contributed by atoms with E-state index in [0.29, 0.717) is 16.7 Å². The molecule has 0 saturated carbocycles. The zero-order valence-electron chi connectivity index (χ0n) is 9.09. The highest BCUT2D eigenvalue weighted by molar-refractivity contribution is 7.99. The van der Waals surface area contributed by atoms with Crippen molar-refractivity contribution in [3.63, 3.8) is 0 Å². The quantitative estimate of drug-likeness (QED) is 0.711. The second kappa shape index (κ2) is 5.56. The number of thioether (sulfide) groups is 1. The molecule has 0 atom stereocenters. The second-order valence-electron chi connectivity index (χ2n) is 3.17. The molecule has 2 N–H and O–H groups in total. The van der Waals surface area contributed by atoms with Gasteiger partial charge >= 0.3 is 5.97 Å². The standard InChI is InChI=1S/C9H9N5O3S/c15-3-7-12-13-9(18-4-8(16)17)14(7)6-1-10-5-11-2-6/h1-2,5,15H,3-4H2,(H,16,17). The van der Waals surface area contributed by atoms with E-state index in [2.05, 4.69) is 20.2 Å². The average Bonchev–Trinajstić information content (AvgIpc) is 2.80. The summed E-state index contributed by atoms with van der Waals surface area (Å²) in [4.78, 5) is 18.3. The van der Waals surface area contributed by atoms with Gasteiger partial charge in [0.1, 0.15) is 12.9 Å². The lowest BCUT2D eigenvalue weighted by Gasteiger charge is -2.06. The third-order valence-corrected chi connectivity index (χ3v) is 2.89. The van der Waals surface area contributed by atoms with E-state index in [1.54, 1.807) is 0 Å². The molecule has 0 radical (unpaired) electrons. The zero-order chi connectivity index (χ0) is 13.0. The normalized spacial score (nSPS) is 10.5. The SMILES string of the molecule is O=C(O)CSc1nnc(CO)n1-c1cncnc1. The number of carboxylic acid groups (broad SMARTS) is 1. The number of carboxylic acids is 1. The Labute approximate surface area is 106 Å². The first-order chi connectivity index (χ1) is 8.72. The Morgan fingerprint density at radius 3 is 2.67 bits per heavy atom. The van der Waals surface area contributed by atoms with E-state index in [1.165, 1.54) is 23.3 Å². The molecule has 0 amide bonds. The average molecular weight is 267 g/mol. The maximum Gasteiger partial charge on any atom is 0.313 e. The Kier molecular flexibility index (Phi) is 3.85. The van der Waals surface area contributed by atoms with Crippen molar-refractivity contribution in [1.82, 2.24) is 24.7 Å². The predicted molar refractivity (Wildman–Crippen MR) is 61.2 cm³/mol. The van der Waals surface area contributed by atoms with Crippen molar-refractivity contribution in [2.45, 2.75) is 11.8 Å². The van der Waals surface area contributed by atoms with Crippen LogP contribution >= 0.6 is 11.8 Å². The highest BCUT2D eigenvalue weighted by Gasteiger charge is 2.15. The van der Waals surface area contributed by atoms with Crippen LogP contribution in [0.4, 0.5) is 0 Å². The summed E-state index contributed by atoms with van der Waals surface area (Å²) in [6.45, 7) is -0.310. The third kappa shape index (κ3) is 2.63. The zero-order valence-corrected chi connectivity index (χ0v) is 9.91. The van der Waals surface area contributed by atoms with Gasteiger partial charge in [-0.05, 0) is 0 Å². The number of carbonyl (C=O) groups is 1. The van der Waals surface area contributed by atoms with Crippen LogP contribution in [0.3, 0.4) is 0 Å². The van der Waals surface area contributed by atoms with Crippen molar-refractivity contribution in [3.8, 4) is 5.69 Å². The smallest absolute Gasteiger partial charge is 0.313 e. The molecule has 2 heterocycles. The second-order valence-corrected chi connectivity index (χ2v) is 4.11. The number of aliphatic hydroxyl groups is 1. The van der Waals surface area contributed by atoms with E-state index in [0.717, 1.165) is 11.8 Å². The first kappa shape index (κ1) is 12.5. The van der Waals surface area contributed by atoms with Gasteiger partial charge in [-0.2, -0.15) is 0 Å². The van der Waals surface area contributed by atoms with E-state index in [-0.39, 0.29) is 12.4 Å². The number of hydrogen-bond acceptors (Lipinski definition) is 7. The van der Waals surface area contributed by atoms with E-state index < -0.39 is 5.97 Å². The minimum atomic E-state index is -0.954. The minimum Gasteiger partial charge on any atom is -0.481 e. The highest BCUT2D eigenvalue weighted by atomic mass is 32.2. The van der Waals surface area contributed by atoms with Crippen molar-refractivity contribution >= 4 is 17.7 Å². The van der Waals surface area contributed by atoms with Gasteiger partial charge in [-0.1, -0.05) is 11.8 Å². The summed E-state index contributed by atoms with van der Waals surface area (Å²) in [5.41, 5.74) is 0.569. The summed E-state index contributed by atoms with van der Waals surface area (Å²) in [6.07, 6.45) is 4.43. The highest BCUT2D eigenvalue weighted by Crippen LogP contribution is 2.20. The van der Waals surface area contributed by atoms with Crippen LogP contribution in [-0.2, 0) is 11.4 Å². The van der Waals surface area contributed by atoms with E-state index >= 15 is 0 Å². The predicted octanol–water partition coefficient (Wildman–Crippen LogP) is -0.274. The van der Waals surface area contributed by atoms with E-state index in [1.807, 2.05) is 0 Å². The number of nitrogens with zero attached hydrogens (tertiary/aromatic N) is 5.